The molecule has 0 spiro atoms. The Morgan fingerprint density at radius 3 is 1.94 bits per heavy atom. The Kier molecular flexibility index (Phi) is 13.0. The summed E-state index contributed by atoms with van der Waals surface area (Å²) in [7, 11) is 0. The number of hydrogen-bond acceptors (Lipinski definition) is 9. The summed E-state index contributed by atoms with van der Waals surface area (Å²) < 4.78 is 15.7. The van der Waals surface area contributed by atoms with Gasteiger partial charge in [-0.2, -0.15) is 0 Å². The summed E-state index contributed by atoms with van der Waals surface area (Å²) in [6, 6.07) is -1.50. The van der Waals surface area contributed by atoms with Gasteiger partial charge in [0.25, 0.3) is 11.8 Å². The summed E-state index contributed by atoms with van der Waals surface area (Å²) in [5, 5.41) is 22.1. The molecule has 0 saturated heterocycles. The molecule has 0 bridgehead atoms. The third-order valence-corrected chi connectivity index (χ3v) is 4.00. The lowest BCUT2D eigenvalue weighted by molar-refractivity contribution is -0.147. The second kappa shape index (κ2) is 15.4. The molecule has 0 aromatic rings. The van der Waals surface area contributed by atoms with Crippen molar-refractivity contribution in [2.24, 2.45) is 0 Å². The van der Waals surface area contributed by atoms with E-state index >= 15 is 0 Å². The lowest BCUT2D eigenvalue weighted by Gasteiger charge is -2.13. The summed E-state index contributed by atoms with van der Waals surface area (Å²) in [4.78, 5) is 68.2. The minimum Gasteiger partial charge on any atom is -0.481 e. The highest BCUT2D eigenvalue weighted by atomic mass is 16.5. The molecule has 4 amide bonds. The van der Waals surface area contributed by atoms with Crippen molar-refractivity contribution in [3.8, 4) is 0 Å². The van der Waals surface area contributed by atoms with Crippen LogP contribution in [0.3, 0.4) is 0 Å². The number of rotatable bonds is 18. The zero-order chi connectivity index (χ0) is 24.6. The van der Waals surface area contributed by atoms with Gasteiger partial charge >= 0.3 is 11.9 Å². The van der Waals surface area contributed by atoms with Crippen molar-refractivity contribution in [3.63, 3.8) is 0 Å². The van der Waals surface area contributed by atoms with Crippen LogP contribution in [0.2, 0.25) is 0 Å². The fourth-order valence-corrected chi connectivity index (χ4v) is 2.40. The van der Waals surface area contributed by atoms with Crippen molar-refractivity contribution in [1.29, 1.82) is 0 Å². The summed E-state index contributed by atoms with van der Waals surface area (Å²) >= 11 is 0. The van der Waals surface area contributed by atoms with E-state index in [0.717, 1.165) is 17.1 Å². The SMILES string of the molecule is O=C(O)CC(NC(=O)CCOCCOCCOCCNC(=O)CN1C(=O)C=CC1=O)C(=O)O. The quantitative estimate of drug-likeness (QED) is 0.121. The fraction of sp³-hybridized carbons (Fsp3) is 0.579. The number of carboxylic acid groups (broad SMARTS) is 2. The van der Waals surface area contributed by atoms with Gasteiger partial charge in [0.1, 0.15) is 12.6 Å². The Morgan fingerprint density at radius 1 is 0.848 bits per heavy atom. The normalized spacial score (nSPS) is 13.8. The maximum Gasteiger partial charge on any atom is 0.326 e. The van der Waals surface area contributed by atoms with Crippen LogP contribution in [-0.2, 0) is 43.0 Å². The first-order valence-electron chi connectivity index (χ1n) is 9.98. The standard InChI is InChI=1S/C19H27N3O11/c23-14(21-13(19(29)30)11-18(27)28)3-5-31-7-9-33-10-8-32-6-4-20-15(24)12-22-16(25)1-2-17(22)26/h1-2,13H,3-12H2,(H,20,24)(H,21,23)(H,27,28)(H,29,30). The van der Waals surface area contributed by atoms with Gasteiger partial charge in [-0.3, -0.25) is 28.9 Å². The first-order valence-corrected chi connectivity index (χ1v) is 9.98. The van der Waals surface area contributed by atoms with E-state index in [1.807, 2.05) is 0 Å². The molecular weight excluding hydrogens is 446 g/mol. The summed E-state index contributed by atoms with van der Waals surface area (Å²) in [6.07, 6.45) is 1.35. The molecule has 0 fully saturated rings. The molecule has 1 aliphatic heterocycles. The van der Waals surface area contributed by atoms with Gasteiger partial charge in [0.2, 0.25) is 11.8 Å². The van der Waals surface area contributed by atoms with Crippen LogP contribution in [0.25, 0.3) is 0 Å². The predicted octanol–water partition coefficient (Wildman–Crippen LogP) is -2.49. The summed E-state index contributed by atoms with van der Waals surface area (Å²) in [6.45, 7) is 0.992. The number of imide groups is 1. The molecule has 1 unspecified atom stereocenters. The Labute approximate surface area is 188 Å². The van der Waals surface area contributed by atoms with E-state index in [-0.39, 0.29) is 59.2 Å². The number of aliphatic carboxylic acids is 2. The van der Waals surface area contributed by atoms with Gasteiger partial charge in [-0.25, -0.2) is 4.79 Å². The van der Waals surface area contributed by atoms with Crippen LogP contribution in [0.5, 0.6) is 0 Å². The lowest BCUT2D eigenvalue weighted by Crippen LogP contribution is -2.42. The number of carbonyl (C=O) groups is 6. The molecule has 0 aliphatic carbocycles. The maximum absolute atomic E-state index is 11.7. The number of amides is 4. The molecule has 4 N–H and O–H groups in total. The Balaban J connectivity index is 1.93. The molecule has 184 valence electrons. The highest BCUT2D eigenvalue weighted by Gasteiger charge is 2.25. The molecule has 14 heteroatoms. The third kappa shape index (κ3) is 12.3. The van der Waals surface area contributed by atoms with Crippen LogP contribution in [0.1, 0.15) is 12.8 Å². The number of hydrogen-bond donors (Lipinski definition) is 4. The van der Waals surface area contributed by atoms with Crippen LogP contribution in [0.4, 0.5) is 0 Å². The van der Waals surface area contributed by atoms with Gasteiger partial charge in [0.15, 0.2) is 0 Å². The minimum absolute atomic E-state index is 0.00941. The molecule has 1 rings (SSSR count). The van der Waals surface area contributed by atoms with E-state index in [9.17, 15) is 28.8 Å². The van der Waals surface area contributed by atoms with Crippen LogP contribution >= 0.6 is 0 Å². The van der Waals surface area contributed by atoms with Crippen molar-refractivity contribution < 1.29 is 53.2 Å². The monoisotopic (exact) mass is 473 g/mol. The van der Waals surface area contributed by atoms with E-state index < -0.39 is 48.0 Å². The summed E-state index contributed by atoms with van der Waals surface area (Å²) in [5.41, 5.74) is 0. The second-order valence-electron chi connectivity index (χ2n) is 6.59. The largest absolute Gasteiger partial charge is 0.481 e. The topological polar surface area (TPSA) is 198 Å². The molecule has 0 aromatic carbocycles. The van der Waals surface area contributed by atoms with E-state index in [4.69, 9.17) is 24.4 Å². The van der Waals surface area contributed by atoms with Crippen molar-refractivity contribution in [2.75, 3.05) is 52.7 Å². The maximum atomic E-state index is 11.7. The number of nitrogens with one attached hydrogen (secondary N) is 2. The molecule has 0 saturated carbocycles. The highest BCUT2D eigenvalue weighted by Crippen LogP contribution is 2.02. The average molecular weight is 473 g/mol. The molecule has 1 heterocycles. The zero-order valence-electron chi connectivity index (χ0n) is 17.8. The molecule has 14 nitrogen and oxygen atoms in total. The van der Waals surface area contributed by atoms with Gasteiger partial charge in [0.05, 0.1) is 46.1 Å². The molecule has 33 heavy (non-hydrogen) atoms. The molecule has 0 radical (unpaired) electrons. The van der Waals surface area contributed by atoms with E-state index in [0.29, 0.717) is 0 Å². The molecule has 1 atom stereocenters. The van der Waals surface area contributed by atoms with Crippen LogP contribution < -0.4 is 10.6 Å². The molecule has 1 aliphatic rings. The van der Waals surface area contributed by atoms with Crippen LogP contribution in [0.15, 0.2) is 12.2 Å². The van der Waals surface area contributed by atoms with E-state index in [1.165, 1.54) is 0 Å². The minimum atomic E-state index is -1.50. The molecular formula is C19H27N3O11. The summed E-state index contributed by atoms with van der Waals surface area (Å²) in [5.74, 6) is -4.95. The van der Waals surface area contributed by atoms with Crippen LogP contribution in [-0.4, -0.2) is 109 Å². The van der Waals surface area contributed by atoms with Gasteiger partial charge in [-0.1, -0.05) is 0 Å². The number of ether oxygens (including phenoxy) is 3. The van der Waals surface area contributed by atoms with E-state index in [2.05, 4.69) is 10.6 Å². The van der Waals surface area contributed by atoms with Gasteiger partial charge in [0, 0.05) is 25.1 Å². The lowest BCUT2D eigenvalue weighted by atomic mass is 10.2. The van der Waals surface area contributed by atoms with Crippen LogP contribution in [0, 0.1) is 0 Å². The highest BCUT2D eigenvalue weighted by molar-refractivity contribution is 6.14. The first-order chi connectivity index (χ1) is 15.7. The Hall–Kier alpha value is -3.36. The molecule has 0 aromatic heterocycles. The average Bonchev–Trinajstić information content (AvgIpc) is 3.05. The smallest absolute Gasteiger partial charge is 0.326 e. The third-order valence-electron chi connectivity index (χ3n) is 4.00. The van der Waals surface area contributed by atoms with Gasteiger partial charge in [-0.05, 0) is 0 Å². The Bertz CT molecular complexity index is 735. The first kappa shape index (κ1) is 27.7. The van der Waals surface area contributed by atoms with Crippen molar-refractivity contribution in [2.45, 2.75) is 18.9 Å². The second-order valence-corrected chi connectivity index (χ2v) is 6.59. The van der Waals surface area contributed by atoms with Crippen molar-refractivity contribution >= 4 is 35.6 Å². The predicted molar refractivity (Wildman–Crippen MR) is 108 cm³/mol. The number of nitrogens with zero attached hydrogens (tertiary/aromatic N) is 1. The fourth-order valence-electron chi connectivity index (χ4n) is 2.40. The zero-order valence-corrected chi connectivity index (χ0v) is 17.8. The number of carboxylic acids is 2. The van der Waals surface area contributed by atoms with Gasteiger partial charge in [-0.15, -0.1) is 0 Å². The van der Waals surface area contributed by atoms with Gasteiger partial charge < -0.3 is 35.1 Å². The van der Waals surface area contributed by atoms with Crippen molar-refractivity contribution in [1.82, 2.24) is 15.5 Å². The number of carbonyl (C=O) groups excluding carboxylic acids is 4. The van der Waals surface area contributed by atoms with Crippen molar-refractivity contribution in [3.05, 3.63) is 12.2 Å². The van der Waals surface area contributed by atoms with E-state index in [1.54, 1.807) is 0 Å². The Morgan fingerprint density at radius 2 is 1.39 bits per heavy atom.